The van der Waals surface area contributed by atoms with Crippen molar-refractivity contribution < 1.29 is 31.1 Å². The summed E-state index contributed by atoms with van der Waals surface area (Å²) in [5, 5.41) is 12.3. The average Bonchev–Trinajstić information content (AvgIpc) is 3.17. The molecule has 0 saturated carbocycles. The molecule has 4 N–H and O–H groups in total. The van der Waals surface area contributed by atoms with Crippen molar-refractivity contribution >= 4 is 32.3 Å². The number of fused-ring (bicyclic) bond motifs is 1. The number of nitrogens with zero attached hydrogens (tertiary/aromatic N) is 1. The molecule has 0 spiro atoms. The standard InChI is InChI=1S/C27H31F3N4O4S/c1-17-12-19(13-18(2)38-17)33-23-7-4-8-25-22(23)14-20(34(25)16-27(28,29)30)6-5-11-32-24-10-9-21(39(31,35)36)15-26(24)37-3/h4,7-10,14-15,17-19,32-33H,11-13,16H2,1-3H3,(H2,31,35,36)/t17-,18+,19?. The monoisotopic (exact) mass is 564 g/mol. The van der Waals surface area contributed by atoms with Gasteiger partial charge in [-0.25, -0.2) is 13.6 Å². The number of hydrogen-bond donors (Lipinski definition) is 3. The number of ether oxygens (including phenoxy) is 2. The summed E-state index contributed by atoms with van der Waals surface area (Å²) in [6.07, 6.45) is -2.67. The number of hydrogen-bond acceptors (Lipinski definition) is 6. The van der Waals surface area contributed by atoms with Crippen LogP contribution in [0.15, 0.2) is 47.4 Å². The number of alkyl halides is 3. The molecule has 1 aliphatic heterocycles. The Morgan fingerprint density at radius 3 is 2.49 bits per heavy atom. The lowest BCUT2D eigenvalue weighted by Crippen LogP contribution is -2.36. The van der Waals surface area contributed by atoms with Crippen LogP contribution in [0.5, 0.6) is 5.75 Å². The zero-order chi connectivity index (χ0) is 28.4. The number of anilines is 2. The van der Waals surface area contributed by atoms with Gasteiger partial charge in [0.05, 0.1) is 47.7 Å². The molecule has 0 aliphatic carbocycles. The van der Waals surface area contributed by atoms with Crippen LogP contribution < -0.4 is 20.5 Å². The summed E-state index contributed by atoms with van der Waals surface area (Å²) < 4.78 is 75.9. The van der Waals surface area contributed by atoms with Gasteiger partial charge in [-0.1, -0.05) is 12.0 Å². The minimum atomic E-state index is -4.44. The van der Waals surface area contributed by atoms with Gasteiger partial charge in [0.2, 0.25) is 10.0 Å². The lowest BCUT2D eigenvalue weighted by atomic mass is 9.99. The van der Waals surface area contributed by atoms with E-state index in [0.717, 1.165) is 18.5 Å². The molecule has 1 aromatic heterocycles. The minimum absolute atomic E-state index is 0.0710. The zero-order valence-corrected chi connectivity index (χ0v) is 22.6. The van der Waals surface area contributed by atoms with E-state index in [4.69, 9.17) is 14.6 Å². The number of methoxy groups -OCH3 is 1. The van der Waals surface area contributed by atoms with Crippen molar-refractivity contribution in [3.8, 4) is 17.6 Å². The second kappa shape index (κ2) is 11.4. The normalized spacial score (nSPS) is 19.8. The Hall–Kier alpha value is -3.40. The predicted octanol–water partition coefficient (Wildman–Crippen LogP) is 4.69. The highest BCUT2D eigenvalue weighted by Gasteiger charge is 2.30. The van der Waals surface area contributed by atoms with Crippen LogP contribution in [-0.2, 0) is 21.3 Å². The van der Waals surface area contributed by atoms with Crippen LogP contribution in [0.25, 0.3) is 10.9 Å². The second-order valence-corrected chi connectivity index (χ2v) is 11.2. The van der Waals surface area contributed by atoms with E-state index in [1.807, 2.05) is 19.9 Å². The van der Waals surface area contributed by atoms with E-state index in [9.17, 15) is 21.6 Å². The number of benzene rings is 2. The molecule has 1 saturated heterocycles. The highest BCUT2D eigenvalue weighted by molar-refractivity contribution is 7.89. The lowest BCUT2D eigenvalue weighted by molar-refractivity contribution is -0.140. The topological polar surface area (TPSA) is 108 Å². The fourth-order valence-electron chi connectivity index (χ4n) is 4.88. The third-order valence-corrected chi connectivity index (χ3v) is 7.34. The van der Waals surface area contributed by atoms with Gasteiger partial charge in [-0.3, -0.25) is 0 Å². The van der Waals surface area contributed by atoms with E-state index in [2.05, 4.69) is 22.5 Å². The van der Waals surface area contributed by atoms with Gasteiger partial charge in [0, 0.05) is 23.2 Å². The van der Waals surface area contributed by atoms with E-state index in [0.29, 0.717) is 16.6 Å². The van der Waals surface area contributed by atoms with E-state index < -0.39 is 22.7 Å². The fourth-order valence-corrected chi connectivity index (χ4v) is 5.40. The molecule has 3 aromatic rings. The lowest BCUT2D eigenvalue weighted by Gasteiger charge is -2.33. The molecule has 1 aliphatic rings. The van der Waals surface area contributed by atoms with Crippen molar-refractivity contribution in [1.82, 2.24) is 4.57 Å². The summed E-state index contributed by atoms with van der Waals surface area (Å²) in [6, 6.07) is 11.1. The van der Waals surface area contributed by atoms with Gasteiger partial charge in [0.25, 0.3) is 0 Å². The molecule has 4 rings (SSSR count). The summed E-state index contributed by atoms with van der Waals surface area (Å²) in [4.78, 5) is -0.110. The number of primary sulfonamides is 1. The Labute approximate surface area is 225 Å². The van der Waals surface area contributed by atoms with Crippen molar-refractivity contribution in [2.75, 3.05) is 24.3 Å². The molecule has 0 bridgehead atoms. The van der Waals surface area contributed by atoms with Crippen molar-refractivity contribution in [2.24, 2.45) is 5.14 Å². The van der Waals surface area contributed by atoms with Gasteiger partial charge in [0.15, 0.2) is 0 Å². The van der Waals surface area contributed by atoms with Crippen LogP contribution in [-0.4, -0.2) is 51.1 Å². The molecule has 1 fully saturated rings. The maximum absolute atomic E-state index is 13.5. The van der Waals surface area contributed by atoms with Crippen LogP contribution in [0.1, 0.15) is 32.4 Å². The average molecular weight is 565 g/mol. The number of aromatic nitrogens is 1. The first-order valence-corrected chi connectivity index (χ1v) is 13.9. The van der Waals surface area contributed by atoms with Crippen LogP contribution in [0.2, 0.25) is 0 Å². The number of halogens is 3. The van der Waals surface area contributed by atoms with Crippen LogP contribution in [0.3, 0.4) is 0 Å². The summed E-state index contributed by atoms with van der Waals surface area (Å²) in [7, 11) is -2.53. The van der Waals surface area contributed by atoms with Crippen molar-refractivity contribution in [1.29, 1.82) is 0 Å². The Balaban J connectivity index is 1.61. The Morgan fingerprint density at radius 1 is 1.13 bits per heavy atom. The Kier molecular flexibility index (Phi) is 8.34. The number of rotatable bonds is 7. The third-order valence-electron chi connectivity index (χ3n) is 6.43. The molecule has 12 heteroatoms. The molecule has 0 amide bonds. The fraction of sp³-hybridized carbons (Fsp3) is 0.407. The zero-order valence-electron chi connectivity index (χ0n) is 21.8. The van der Waals surface area contributed by atoms with Crippen LogP contribution in [0, 0.1) is 11.8 Å². The highest BCUT2D eigenvalue weighted by atomic mass is 32.2. The summed E-state index contributed by atoms with van der Waals surface area (Å²) in [5.74, 6) is 5.96. The predicted molar refractivity (Wildman–Crippen MR) is 144 cm³/mol. The SMILES string of the molecule is COc1cc(S(N)(=O)=O)ccc1NCC#Cc1cc2c(NC3C[C@@H](C)O[C@@H](C)C3)cccc2n1CC(F)(F)F. The molecule has 8 nitrogen and oxygen atoms in total. The molecule has 0 radical (unpaired) electrons. The smallest absolute Gasteiger partial charge is 0.406 e. The molecule has 3 atom stereocenters. The molecular formula is C27H31F3N4O4S. The van der Waals surface area contributed by atoms with Crippen LogP contribution in [0.4, 0.5) is 24.5 Å². The number of sulfonamides is 1. The largest absolute Gasteiger partial charge is 0.495 e. The van der Waals surface area contributed by atoms with Gasteiger partial charge in [0.1, 0.15) is 12.3 Å². The van der Waals surface area contributed by atoms with E-state index in [-0.39, 0.29) is 41.1 Å². The first-order chi connectivity index (χ1) is 18.3. The van der Waals surface area contributed by atoms with E-state index >= 15 is 0 Å². The van der Waals surface area contributed by atoms with Gasteiger partial charge in [-0.15, -0.1) is 0 Å². The maximum Gasteiger partial charge on any atom is 0.406 e. The second-order valence-electron chi connectivity index (χ2n) is 9.60. The molecule has 1 unspecified atom stereocenters. The van der Waals surface area contributed by atoms with E-state index in [1.54, 1.807) is 18.2 Å². The first kappa shape index (κ1) is 28.6. The van der Waals surface area contributed by atoms with Gasteiger partial charge in [-0.2, -0.15) is 13.2 Å². The molecule has 2 heterocycles. The van der Waals surface area contributed by atoms with E-state index in [1.165, 1.54) is 29.9 Å². The highest BCUT2D eigenvalue weighted by Crippen LogP contribution is 2.32. The number of nitrogens with two attached hydrogens (primary N) is 1. The summed E-state index contributed by atoms with van der Waals surface area (Å²) in [6.45, 7) is 2.92. The summed E-state index contributed by atoms with van der Waals surface area (Å²) >= 11 is 0. The quantitative estimate of drug-likeness (QED) is 0.360. The Morgan fingerprint density at radius 2 is 1.85 bits per heavy atom. The molecule has 39 heavy (non-hydrogen) atoms. The van der Waals surface area contributed by atoms with Crippen LogP contribution >= 0.6 is 0 Å². The molecule has 2 aromatic carbocycles. The van der Waals surface area contributed by atoms with Crippen molar-refractivity contribution in [3.63, 3.8) is 0 Å². The van der Waals surface area contributed by atoms with Gasteiger partial charge < -0.3 is 24.7 Å². The third kappa shape index (κ3) is 7.17. The molecular weight excluding hydrogens is 533 g/mol. The number of nitrogens with one attached hydrogen (secondary N) is 2. The van der Waals surface area contributed by atoms with Gasteiger partial charge in [-0.05, 0) is 62.9 Å². The van der Waals surface area contributed by atoms with Crippen molar-refractivity contribution in [3.05, 3.63) is 48.2 Å². The minimum Gasteiger partial charge on any atom is -0.495 e. The first-order valence-electron chi connectivity index (χ1n) is 12.4. The van der Waals surface area contributed by atoms with Gasteiger partial charge >= 0.3 is 6.18 Å². The Bertz CT molecular complexity index is 1500. The molecule has 210 valence electrons. The summed E-state index contributed by atoms with van der Waals surface area (Å²) in [5.41, 5.74) is 1.87. The van der Waals surface area contributed by atoms with Crippen molar-refractivity contribution in [2.45, 2.75) is 62.6 Å². The maximum atomic E-state index is 13.5.